The van der Waals surface area contributed by atoms with Crippen LogP contribution in [-0.4, -0.2) is 16.9 Å². The van der Waals surface area contributed by atoms with Crippen LogP contribution >= 0.6 is 7.60 Å². The summed E-state index contributed by atoms with van der Waals surface area (Å²) in [6, 6.07) is 16.3. The van der Waals surface area contributed by atoms with E-state index in [2.05, 4.69) is 0 Å². The molecule has 1 unspecified atom stereocenters. The van der Waals surface area contributed by atoms with Gasteiger partial charge in [0, 0.05) is 0 Å². The van der Waals surface area contributed by atoms with Crippen LogP contribution in [0.15, 0.2) is 60.7 Å². The molecule has 0 saturated carbocycles. The minimum Gasteiger partial charge on any atom is -0.480 e. The van der Waals surface area contributed by atoms with Gasteiger partial charge in [-0.25, -0.2) is 9.36 Å². The fourth-order valence-electron chi connectivity index (χ4n) is 1.52. The molecule has 0 bridgehead atoms. The molecule has 2 rings (SSSR count). The smallest absolute Gasteiger partial charge is 0.458 e. The van der Waals surface area contributed by atoms with Crippen LogP contribution in [0.4, 0.5) is 0 Å². The third-order valence-electron chi connectivity index (χ3n) is 2.55. The number of para-hydroxylation sites is 2. The van der Waals surface area contributed by atoms with Crippen molar-refractivity contribution in [3.05, 3.63) is 60.7 Å². The monoisotopic (exact) mass is 307 g/mol. The maximum atomic E-state index is 12.7. The molecule has 3 N–H and O–H groups in total. The van der Waals surface area contributed by atoms with E-state index in [0.717, 1.165) is 0 Å². The van der Waals surface area contributed by atoms with Crippen molar-refractivity contribution in [3.63, 3.8) is 0 Å². The zero-order valence-electron chi connectivity index (χ0n) is 11.0. The van der Waals surface area contributed by atoms with Gasteiger partial charge in [0.2, 0.25) is 5.78 Å². The van der Waals surface area contributed by atoms with Gasteiger partial charge in [0.25, 0.3) is 0 Å². The Labute approximate surface area is 121 Å². The van der Waals surface area contributed by atoms with E-state index in [1.54, 1.807) is 36.4 Å². The summed E-state index contributed by atoms with van der Waals surface area (Å²) in [6.07, 6.45) is 0. The number of aliphatic carboxylic acids is 1. The van der Waals surface area contributed by atoms with Gasteiger partial charge in [0.15, 0.2) is 0 Å². The van der Waals surface area contributed by atoms with E-state index >= 15 is 0 Å². The molecule has 0 aliphatic carbocycles. The lowest BCUT2D eigenvalue weighted by molar-refractivity contribution is -0.136. The van der Waals surface area contributed by atoms with Crippen molar-refractivity contribution in [1.82, 2.24) is 0 Å². The molecular weight excluding hydrogens is 293 g/mol. The van der Waals surface area contributed by atoms with Gasteiger partial charge in [-0.3, -0.25) is 0 Å². The molecule has 0 fully saturated rings. The van der Waals surface area contributed by atoms with Crippen molar-refractivity contribution in [2.24, 2.45) is 5.73 Å². The predicted molar refractivity (Wildman–Crippen MR) is 77.4 cm³/mol. The number of carboxylic acid groups (broad SMARTS) is 1. The summed E-state index contributed by atoms with van der Waals surface area (Å²) >= 11 is 0. The van der Waals surface area contributed by atoms with Crippen LogP contribution in [-0.2, 0) is 9.36 Å². The van der Waals surface area contributed by atoms with Crippen molar-refractivity contribution >= 4 is 13.6 Å². The molecule has 0 aliphatic rings. The Morgan fingerprint density at radius 1 is 0.952 bits per heavy atom. The summed E-state index contributed by atoms with van der Waals surface area (Å²) in [5.74, 6) is -2.83. The lowest BCUT2D eigenvalue weighted by Crippen LogP contribution is -2.33. The first-order valence-corrected chi connectivity index (χ1v) is 7.70. The number of hydrogen-bond donors (Lipinski definition) is 2. The summed E-state index contributed by atoms with van der Waals surface area (Å²) < 4.78 is 23.3. The summed E-state index contributed by atoms with van der Waals surface area (Å²) in [7, 11) is -4.13. The van der Waals surface area contributed by atoms with Gasteiger partial charge in [-0.05, 0) is 24.3 Å². The van der Waals surface area contributed by atoms with E-state index in [-0.39, 0.29) is 11.5 Å². The average molecular weight is 307 g/mol. The highest BCUT2D eigenvalue weighted by Gasteiger charge is 2.42. The second-order valence-corrected chi connectivity index (χ2v) is 6.13. The molecule has 0 radical (unpaired) electrons. The Bertz CT molecular complexity index is 601. The summed E-state index contributed by atoms with van der Waals surface area (Å²) in [6.45, 7) is 0. The second kappa shape index (κ2) is 6.43. The van der Waals surface area contributed by atoms with Gasteiger partial charge in [-0.1, -0.05) is 36.4 Å². The maximum Gasteiger partial charge on any atom is 0.458 e. The van der Waals surface area contributed by atoms with Crippen LogP contribution in [0.3, 0.4) is 0 Å². The SMILES string of the molecule is NC(C(=O)O)P(=O)(Oc1ccccc1)Oc1ccccc1. The Balaban J connectivity index is 2.30. The fourth-order valence-corrected chi connectivity index (χ4v) is 2.89. The molecule has 0 spiro atoms. The van der Waals surface area contributed by atoms with Gasteiger partial charge >= 0.3 is 13.6 Å². The highest BCUT2D eigenvalue weighted by Crippen LogP contribution is 2.51. The molecule has 0 aliphatic heterocycles. The molecular formula is C14H14NO5P. The largest absolute Gasteiger partial charge is 0.480 e. The molecule has 110 valence electrons. The van der Waals surface area contributed by atoms with Gasteiger partial charge in [0.1, 0.15) is 11.5 Å². The van der Waals surface area contributed by atoms with Crippen LogP contribution in [0.25, 0.3) is 0 Å². The number of carbonyl (C=O) groups is 1. The minimum atomic E-state index is -4.13. The highest BCUT2D eigenvalue weighted by atomic mass is 31.2. The van der Waals surface area contributed by atoms with Crippen LogP contribution < -0.4 is 14.8 Å². The zero-order valence-corrected chi connectivity index (χ0v) is 11.9. The first kappa shape index (κ1) is 15.1. The summed E-state index contributed by atoms with van der Waals surface area (Å²) in [5, 5.41) is 9.02. The number of nitrogens with two attached hydrogens (primary N) is 1. The second-order valence-electron chi connectivity index (χ2n) is 4.13. The Morgan fingerprint density at radius 3 is 1.67 bits per heavy atom. The van der Waals surface area contributed by atoms with E-state index in [9.17, 15) is 9.36 Å². The van der Waals surface area contributed by atoms with Crippen molar-refractivity contribution in [3.8, 4) is 11.5 Å². The highest BCUT2D eigenvalue weighted by molar-refractivity contribution is 7.56. The zero-order chi connectivity index (χ0) is 15.3. The standard InChI is InChI=1S/C14H14NO5P/c15-13(14(16)17)21(18,19-11-7-3-1-4-8-11)20-12-9-5-2-6-10-12/h1-10,13H,15H2,(H,16,17). The Morgan fingerprint density at radius 2 is 1.33 bits per heavy atom. The molecule has 2 aromatic rings. The number of rotatable bonds is 6. The average Bonchev–Trinajstić information content (AvgIpc) is 2.48. The van der Waals surface area contributed by atoms with Crippen molar-refractivity contribution in [2.75, 3.05) is 0 Å². The van der Waals surface area contributed by atoms with Gasteiger partial charge in [-0.15, -0.1) is 0 Å². The van der Waals surface area contributed by atoms with Gasteiger partial charge < -0.3 is 19.9 Å². The van der Waals surface area contributed by atoms with Gasteiger partial charge in [0.05, 0.1) is 0 Å². The lowest BCUT2D eigenvalue weighted by atomic mass is 10.3. The lowest BCUT2D eigenvalue weighted by Gasteiger charge is -2.22. The third-order valence-corrected chi connectivity index (χ3v) is 4.38. The van der Waals surface area contributed by atoms with Crippen molar-refractivity contribution in [1.29, 1.82) is 0 Å². The molecule has 6 nitrogen and oxygen atoms in total. The van der Waals surface area contributed by atoms with Crippen molar-refractivity contribution in [2.45, 2.75) is 5.78 Å². The summed E-state index contributed by atoms with van der Waals surface area (Å²) in [5.41, 5.74) is 5.48. The van der Waals surface area contributed by atoms with E-state index in [0.29, 0.717) is 0 Å². The van der Waals surface area contributed by atoms with Crippen molar-refractivity contribution < 1.29 is 23.5 Å². The fraction of sp³-hybridized carbons (Fsp3) is 0.0714. The minimum absolute atomic E-state index is 0.216. The quantitative estimate of drug-likeness (QED) is 0.796. The maximum absolute atomic E-state index is 12.7. The normalized spacial score (nSPS) is 12.4. The first-order valence-electron chi connectivity index (χ1n) is 6.09. The molecule has 21 heavy (non-hydrogen) atoms. The van der Waals surface area contributed by atoms with Crippen LogP contribution in [0.2, 0.25) is 0 Å². The molecule has 7 heteroatoms. The van der Waals surface area contributed by atoms with Crippen LogP contribution in [0, 0.1) is 0 Å². The van der Waals surface area contributed by atoms with Crippen LogP contribution in [0.1, 0.15) is 0 Å². The molecule has 0 amide bonds. The molecule has 0 saturated heterocycles. The van der Waals surface area contributed by atoms with Gasteiger partial charge in [-0.2, -0.15) is 0 Å². The third kappa shape index (κ3) is 3.84. The topological polar surface area (TPSA) is 98.9 Å². The van der Waals surface area contributed by atoms with E-state index in [4.69, 9.17) is 19.9 Å². The molecule has 1 atom stereocenters. The Kier molecular flexibility index (Phi) is 4.62. The summed E-state index contributed by atoms with van der Waals surface area (Å²) in [4.78, 5) is 11.1. The van der Waals surface area contributed by atoms with E-state index in [1.165, 1.54) is 24.3 Å². The molecule has 0 heterocycles. The number of benzene rings is 2. The first-order chi connectivity index (χ1) is 10.0. The van der Waals surface area contributed by atoms with E-state index < -0.39 is 19.3 Å². The van der Waals surface area contributed by atoms with E-state index in [1.807, 2.05) is 0 Å². The Hall–Kier alpha value is -2.30. The molecule has 2 aromatic carbocycles. The number of carboxylic acids is 1. The number of hydrogen-bond acceptors (Lipinski definition) is 5. The molecule has 0 aromatic heterocycles. The predicted octanol–water partition coefficient (Wildman–Crippen LogP) is 2.71. The van der Waals surface area contributed by atoms with Crippen LogP contribution in [0.5, 0.6) is 11.5 Å².